The van der Waals surface area contributed by atoms with Crippen LogP contribution in [0.15, 0.2) is 12.2 Å². The van der Waals surface area contributed by atoms with E-state index >= 15 is 0 Å². The van der Waals surface area contributed by atoms with Crippen molar-refractivity contribution in [2.75, 3.05) is 6.61 Å². The van der Waals surface area contributed by atoms with Crippen LogP contribution in [0.4, 0.5) is 0 Å². The standard InChI is InChI=1S/C67H133NO3/c1-3-5-7-9-11-13-15-17-19-21-23-25-27-28-29-30-31-32-33-34-35-36-37-38-39-40-41-43-45-47-49-51-53-55-57-59-61-63-67(71)68-65(64-69)66(70)62-60-58-56-54-52-50-48-46-44-42-26-24-22-20-18-16-14-12-10-8-6-4-2/h60,62,65-66,69-70H,3-59,61,63-64H2,1-2H3,(H,68,71)/b62-60+. The number of carbonyl (C=O) groups is 1. The summed E-state index contributed by atoms with van der Waals surface area (Å²) < 4.78 is 0. The smallest absolute Gasteiger partial charge is 0.220 e. The third-order valence-electron chi connectivity index (χ3n) is 16.0. The van der Waals surface area contributed by atoms with Crippen LogP contribution in [0.1, 0.15) is 393 Å². The first kappa shape index (κ1) is 70.1. The molecule has 0 aromatic rings. The lowest BCUT2D eigenvalue weighted by Crippen LogP contribution is -2.45. The van der Waals surface area contributed by atoms with E-state index in [2.05, 4.69) is 19.2 Å². The molecule has 71 heavy (non-hydrogen) atoms. The summed E-state index contributed by atoms with van der Waals surface area (Å²) in [7, 11) is 0. The van der Waals surface area contributed by atoms with E-state index in [-0.39, 0.29) is 12.5 Å². The van der Waals surface area contributed by atoms with Gasteiger partial charge >= 0.3 is 0 Å². The minimum atomic E-state index is -0.836. The molecule has 0 aliphatic carbocycles. The molecular formula is C67H133NO3. The largest absolute Gasteiger partial charge is 0.394 e. The van der Waals surface area contributed by atoms with Crippen molar-refractivity contribution in [3.05, 3.63) is 12.2 Å². The molecule has 0 aliphatic heterocycles. The zero-order chi connectivity index (χ0) is 51.3. The van der Waals surface area contributed by atoms with Crippen molar-refractivity contribution in [2.45, 2.75) is 405 Å². The molecule has 0 fully saturated rings. The molecule has 2 unspecified atom stereocenters. The van der Waals surface area contributed by atoms with Gasteiger partial charge in [-0.25, -0.2) is 0 Å². The fourth-order valence-electron chi connectivity index (χ4n) is 11.0. The van der Waals surface area contributed by atoms with Crippen LogP contribution in [-0.2, 0) is 4.79 Å². The highest BCUT2D eigenvalue weighted by atomic mass is 16.3. The predicted octanol–water partition coefficient (Wildman–Crippen LogP) is 22.4. The summed E-state index contributed by atoms with van der Waals surface area (Å²) in [6, 6.07) is -0.619. The molecule has 0 aromatic heterocycles. The van der Waals surface area contributed by atoms with Crippen molar-refractivity contribution >= 4 is 5.91 Å². The highest BCUT2D eigenvalue weighted by molar-refractivity contribution is 5.76. The van der Waals surface area contributed by atoms with Crippen LogP contribution in [0.25, 0.3) is 0 Å². The summed E-state index contributed by atoms with van der Waals surface area (Å²) in [5.41, 5.74) is 0. The average molecular weight is 1000 g/mol. The van der Waals surface area contributed by atoms with Gasteiger partial charge in [0.25, 0.3) is 0 Å². The third kappa shape index (κ3) is 59.9. The zero-order valence-corrected chi connectivity index (χ0v) is 49.0. The van der Waals surface area contributed by atoms with Gasteiger partial charge in [0.15, 0.2) is 0 Å². The number of amides is 1. The van der Waals surface area contributed by atoms with Crippen molar-refractivity contribution in [1.29, 1.82) is 0 Å². The summed E-state index contributed by atoms with van der Waals surface area (Å²) in [6.07, 6.45) is 84.4. The van der Waals surface area contributed by atoms with Gasteiger partial charge in [-0.05, 0) is 19.3 Å². The number of nitrogens with one attached hydrogen (secondary N) is 1. The fraction of sp³-hybridized carbons (Fsp3) is 0.955. The lowest BCUT2D eigenvalue weighted by Gasteiger charge is -2.20. The Morgan fingerprint density at radius 2 is 0.521 bits per heavy atom. The molecule has 4 heteroatoms. The van der Waals surface area contributed by atoms with E-state index in [0.717, 1.165) is 25.7 Å². The molecule has 0 aliphatic rings. The first-order valence-electron chi connectivity index (χ1n) is 33.4. The lowest BCUT2D eigenvalue weighted by molar-refractivity contribution is -0.123. The Morgan fingerprint density at radius 1 is 0.324 bits per heavy atom. The molecule has 0 saturated carbocycles. The molecule has 424 valence electrons. The van der Waals surface area contributed by atoms with E-state index in [0.29, 0.717) is 6.42 Å². The average Bonchev–Trinajstić information content (AvgIpc) is 3.37. The van der Waals surface area contributed by atoms with Crippen molar-refractivity contribution in [1.82, 2.24) is 5.32 Å². The van der Waals surface area contributed by atoms with Crippen molar-refractivity contribution in [2.24, 2.45) is 0 Å². The third-order valence-corrected chi connectivity index (χ3v) is 16.0. The second kappa shape index (κ2) is 63.4. The molecule has 0 saturated heterocycles. The maximum atomic E-state index is 12.5. The Bertz CT molecular complexity index is 998. The molecule has 0 aromatic carbocycles. The van der Waals surface area contributed by atoms with E-state index in [1.54, 1.807) is 6.08 Å². The maximum Gasteiger partial charge on any atom is 0.220 e. The molecule has 0 heterocycles. The second-order valence-corrected chi connectivity index (χ2v) is 23.3. The Hall–Kier alpha value is -0.870. The van der Waals surface area contributed by atoms with Gasteiger partial charge in [-0.2, -0.15) is 0 Å². The number of rotatable bonds is 63. The summed E-state index contributed by atoms with van der Waals surface area (Å²) in [5.74, 6) is -0.0538. The number of hydrogen-bond donors (Lipinski definition) is 3. The summed E-state index contributed by atoms with van der Waals surface area (Å²) >= 11 is 0. The first-order chi connectivity index (χ1) is 35.2. The van der Waals surface area contributed by atoms with Crippen LogP contribution in [0.3, 0.4) is 0 Å². The van der Waals surface area contributed by atoms with Crippen molar-refractivity contribution in [3.8, 4) is 0 Å². The van der Waals surface area contributed by atoms with Gasteiger partial charge < -0.3 is 15.5 Å². The Balaban J connectivity index is 3.37. The van der Waals surface area contributed by atoms with Crippen LogP contribution in [-0.4, -0.2) is 34.9 Å². The lowest BCUT2D eigenvalue weighted by atomic mass is 10.0. The van der Waals surface area contributed by atoms with E-state index < -0.39 is 12.1 Å². The molecule has 4 nitrogen and oxygen atoms in total. The van der Waals surface area contributed by atoms with Crippen LogP contribution >= 0.6 is 0 Å². The van der Waals surface area contributed by atoms with E-state index in [1.165, 1.54) is 347 Å². The van der Waals surface area contributed by atoms with Crippen LogP contribution in [0.2, 0.25) is 0 Å². The second-order valence-electron chi connectivity index (χ2n) is 23.3. The van der Waals surface area contributed by atoms with Gasteiger partial charge in [-0.3, -0.25) is 4.79 Å². The molecule has 2 atom stereocenters. The van der Waals surface area contributed by atoms with Crippen LogP contribution < -0.4 is 5.32 Å². The number of carbonyl (C=O) groups excluding carboxylic acids is 1. The number of hydrogen-bond acceptors (Lipinski definition) is 3. The predicted molar refractivity (Wildman–Crippen MR) is 318 cm³/mol. The number of unbranched alkanes of at least 4 members (excludes halogenated alkanes) is 56. The minimum Gasteiger partial charge on any atom is -0.394 e. The van der Waals surface area contributed by atoms with E-state index in [1.807, 2.05) is 6.08 Å². The Morgan fingerprint density at radius 3 is 0.732 bits per heavy atom. The first-order valence-corrected chi connectivity index (χ1v) is 33.4. The zero-order valence-electron chi connectivity index (χ0n) is 49.0. The summed E-state index contributed by atoms with van der Waals surface area (Å²) in [6.45, 7) is 4.36. The van der Waals surface area contributed by atoms with Crippen molar-refractivity contribution in [3.63, 3.8) is 0 Å². The summed E-state index contributed by atoms with van der Waals surface area (Å²) in [4.78, 5) is 12.5. The minimum absolute atomic E-state index is 0.0538. The monoisotopic (exact) mass is 1000 g/mol. The normalized spacial score (nSPS) is 12.7. The summed E-state index contributed by atoms with van der Waals surface area (Å²) in [5, 5.41) is 23.3. The SMILES string of the molecule is CCCCCCCCCCCCCCCCCCCCCC/C=C/C(O)C(CO)NC(=O)CCCCCCCCCCCCCCCCCCCCCCCCCCCCCCCCCCCCCCC. The molecule has 3 N–H and O–H groups in total. The number of aliphatic hydroxyl groups excluding tert-OH is 2. The van der Waals surface area contributed by atoms with Crippen molar-refractivity contribution < 1.29 is 15.0 Å². The van der Waals surface area contributed by atoms with Gasteiger partial charge in [-0.1, -0.05) is 379 Å². The Labute approximate surface area is 447 Å². The van der Waals surface area contributed by atoms with Crippen LogP contribution in [0.5, 0.6) is 0 Å². The van der Waals surface area contributed by atoms with Gasteiger partial charge in [-0.15, -0.1) is 0 Å². The highest BCUT2D eigenvalue weighted by Crippen LogP contribution is 2.19. The molecule has 0 spiro atoms. The number of allylic oxidation sites excluding steroid dienone is 1. The maximum absolute atomic E-state index is 12.5. The fourth-order valence-corrected chi connectivity index (χ4v) is 11.0. The molecule has 0 radical (unpaired) electrons. The molecule has 0 bridgehead atoms. The van der Waals surface area contributed by atoms with E-state index in [4.69, 9.17) is 0 Å². The Kier molecular flexibility index (Phi) is 62.6. The van der Waals surface area contributed by atoms with Gasteiger partial charge in [0.05, 0.1) is 18.8 Å². The van der Waals surface area contributed by atoms with E-state index in [9.17, 15) is 15.0 Å². The highest BCUT2D eigenvalue weighted by Gasteiger charge is 2.18. The van der Waals surface area contributed by atoms with Gasteiger partial charge in [0.1, 0.15) is 0 Å². The molecule has 1 amide bonds. The quantitative estimate of drug-likeness (QED) is 0.0420. The number of aliphatic hydroxyl groups is 2. The van der Waals surface area contributed by atoms with Gasteiger partial charge in [0.2, 0.25) is 5.91 Å². The van der Waals surface area contributed by atoms with Gasteiger partial charge in [0, 0.05) is 6.42 Å². The van der Waals surface area contributed by atoms with Crippen LogP contribution in [0, 0.1) is 0 Å². The molecule has 0 rings (SSSR count). The molecular weight excluding hydrogens is 867 g/mol. The topological polar surface area (TPSA) is 69.6 Å².